The Kier molecular flexibility index (Phi) is 2.77. The molecular formula is C12H16N4O2. The highest BCUT2D eigenvalue weighted by Gasteiger charge is 2.20. The van der Waals surface area contributed by atoms with Gasteiger partial charge in [0.25, 0.3) is 11.3 Å². The summed E-state index contributed by atoms with van der Waals surface area (Å²) in [6, 6.07) is 1.95. The molecule has 96 valence electrons. The predicted molar refractivity (Wildman–Crippen MR) is 66.0 cm³/mol. The molecule has 3 rings (SSSR count). The van der Waals surface area contributed by atoms with E-state index in [1.165, 1.54) is 17.4 Å². The second-order valence-corrected chi connectivity index (χ2v) is 4.60. The molecule has 2 aromatic heterocycles. The van der Waals surface area contributed by atoms with Crippen molar-refractivity contribution >= 4 is 5.78 Å². The summed E-state index contributed by atoms with van der Waals surface area (Å²) in [5, 5.41) is 2.79. The summed E-state index contributed by atoms with van der Waals surface area (Å²) < 4.78 is 6.57. The maximum Gasteiger partial charge on any atom is 0.312 e. The van der Waals surface area contributed by atoms with Gasteiger partial charge in [-0.25, -0.2) is 10.1 Å². The van der Waals surface area contributed by atoms with Crippen LogP contribution in [0, 0.1) is 0 Å². The van der Waals surface area contributed by atoms with Crippen molar-refractivity contribution in [3.63, 3.8) is 0 Å². The van der Waals surface area contributed by atoms with E-state index in [4.69, 9.17) is 4.74 Å². The third-order valence-corrected chi connectivity index (χ3v) is 3.38. The number of H-pyrrole nitrogens is 1. The SMILES string of the molecule is CCOc1nc2nc(C3CCCC3)cc(=O)n2[nH]1. The van der Waals surface area contributed by atoms with E-state index in [-0.39, 0.29) is 5.56 Å². The summed E-state index contributed by atoms with van der Waals surface area (Å²) in [6.07, 6.45) is 4.67. The van der Waals surface area contributed by atoms with Crippen molar-refractivity contribution in [3.05, 3.63) is 22.1 Å². The lowest BCUT2D eigenvalue weighted by molar-refractivity contribution is 0.313. The topological polar surface area (TPSA) is 72.3 Å². The van der Waals surface area contributed by atoms with Crippen LogP contribution in [0.3, 0.4) is 0 Å². The molecule has 6 heteroatoms. The van der Waals surface area contributed by atoms with E-state index in [1.54, 1.807) is 6.07 Å². The first-order valence-corrected chi connectivity index (χ1v) is 6.40. The Hall–Kier alpha value is -1.85. The summed E-state index contributed by atoms with van der Waals surface area (Å²) in [7, 11) is 0. The number of rotatable bonds is 3. The minimum absolute atomic E-state index is 0.125. The lowest BCUT2D eigenvalue weighted by Gasteiger charge is -2.06. The minimum Gasteiger partial charge on any atom is -0.464 e. The lowest BCUT2D eigenvalue weighted by Crippen LogP contribution is -2.16. The van der Waals surface area contributed by atoms with Crippen LogP contribution in [-0.2, 0) is 0 Å². The van der Waals surface area contributed by atoms with Gasteiger partial charge in [0.05, 0.1) is 12.3 Å². The van der Waals surface area contributed by atoms with Crippen molar-refractivity contribution in [2.24, 2.45) is 0 Å². The Labute approximate surface area is 104 Å². The molecule has 1 saturated carbocycles. The van der Waals surface area contributed by atoms with Crippen LogP contribution in [-0.4, -0.2) is 26.2 Å². The molecule has 0 saturated heterocycles. The van der Waals surface area contributed by atoms with Gasteiger partial charge in [0.1, 0.15) is 0 Å². The van der Waals surface area contributed by atoms with Gasteiger partial charge in [-0.2, -0.15) is 9.50 Å². The van der Waals surface area contributed by atoms with Crippen LogP contribution in [0.1, 0.15) is 44.2 Å². The van der Waals surface area contributed by atoms with Crippen LogP contribution in [0.4, 0.5) is 0 Å². The largest absolute Gasteiger partial charge is 0.464 e. The summed E-state index contributed by atoms with van der Waals surface area (Å²) in [4.78, 5) is 20.6. The van der Waals surface area contributed by atoms with Gasteiger partial charge in [-0.1, -0.05) is 12.8 Å². The van der Waals surface area contributed by atoms with E-state index in [0.29, 0.717) is 24.3 Å². The number of ether oxygens (including phenoxy) is 1. The van der Waals surface area contributed by atoms with E-state index in [0.717, 1.165) is 18.5 Å². The van der Waals surface area contributed by atoms with E-state index in [1.807, 2.05) is 6.92 Å². The van der Waals surface area contributed by atoms with E-state index in [9.17, 15) is 4.79 Å². The number of nitrogens with one attached hydrogen (secondary N) is 1. The Balaban J connectivity index is 2.05. The fraction of sp³-hybridized carbons (Fsp3) is 0.583. The van der Waals surface area contributed by atoms with Gasteiger partial charge in [-0.15, -0.1) is 0 Å². The van der Waals surface area contributed by atoms with Crippen LogP contribution in [0.5, 0.6) is 6.01 Å². The van der Waals surface area contributed by atoms with Gasteiger partial charge in [-0.3, -0.25) is 4.79 Å². The molecule has 0 amide bonds. The average Bonchev–Trinajstić information content (AvgIpc) is 2.97. The number of hydrogen-bond donors (Lipinski definition) is 1. The molecule has 1 N–H and O–H groups in total. The Morgan fingerprint density at radius 2 is 2.22 bits per heavy atom. The van der Waals surface area contributed by atoms with Crippen molar-refractivity contribution in [1.29, 1.82) is 0 Å². The number of aromatic amines is 1. The summed E-state index contributed by atoms with van der Waals surface area (Å²) in [6.45, 7) is 2.37. The first-order valence-electron chi connectivity index (χ1n) is 6.40. The molecule has 0 bridgehead atoms. The quantitative estimate of drug-likeness (QED) is 0.892. The van der Waals surface area contributed by atoms with Crippen molar-refractivity contribution in [1.82, 2.24) is 19.6 Å². The second-order valence-electron chi connectivity index (χ2n) is 4.60. The molecule has 1 aliphatic carbocycles. The monoisotopic (exact) mass is 248 g/mol. The molecule has 1 aliphatic rings. The highest BCUT2D eigenvalue weighted by Crippen LogP contribution is 2.32. The van der Waals surface area contributed by atoms with Crippen LogP contribution >= 0.6 is 0 Å². The average molecular weight is 248 g/mol. The highest BCUT2D eigenvalue weighted by molar-refractivity contribution is 5.30. The van der Waals surface area contributed by atoms with Gasteiger partial charge < -0.3 is 4.74 Å². The number of aromatic nitrogens is 4. The molecule has 0 radical (unpaired) electrons. The number of nitrogens with zero attached hydrogens (tertiary/aromatic N) is 3. The Bertz CT molecular complexity index is 610. The van der Waals surface area contributed by atoms with Crippen LogP contribution < -0.4 is 10.3 Å². The molecule has 2 heterocycles. The molecule has 18 heavy (non-hydrogen) atoms. The molecule has 0 aliphatic heterocycles. The van der Waals surface area contributed by atoms with E-state index in [2.05, 4.69) is 15.1 Å². The van der Waals surface area contributed by atoms with Crippen molar-refractivity contribution in [3.8, 4) is 6.01 Å². The third kappa shape index (κ3) is 1.87. The van der Waals surface area contributed by atoms with Gasteiger partial charge >= 0.3 is 6.01 Å². The van der Waals surface area contributed by atoms with Crippen LogP contribution in [0.15, 0.2) is 10.9 Å². The maximum atomic E-state index is 12.0. The molecule has 0 spiro atoms. The predicted octanol–water partition coefficient (Wildman–Crippen LogP) is 1.47. The fourth-order valence-electron chi connectivity index (χ4n) is 2.51. The molecule has 6 nitrogen and oxygen atoms in total. The van der Waals surface area contributed by atoms with Crippen LogP contribution in [0.25, 0.3) is 5.78 Å². The zero-order valence-electron chi connectivity index (χ0n) is 10.3. The minimum atomic E-state index is -0.125. The molecular weight excluding hydrogens is 232 g/mol. The molecule has 0 unspecified atom stereocenters. The molecule has 1 fully saturated rings. The van der Waals surface area contributed by atoms with E-state index < -0.39 is 0 Å². The summed E-state index contributed by atoms with van der Waals surface area (Å²) in [5.74, 6) is 0.808. The van der Waals surface area contributed by atoms with Crippen molar-refractivity contribution in [2.75, 3.05) is 6.61 Å². The molecule has 2 aromatic rings. The number of fused-ring (bicyclic) bond motifs is 1. The van der Waals surface area contributed by atoms with Gasteiger partial charge in [0.2, 0.25) is 0 Å². The zero-order valence-corrected chi connectivity index (χ0v) is 10.3. The Morgan fingerprint density at radius 1 is 1.44 bits per heavy atom. The van der Waals surface area contributed by atoms with Gasteiger partial charge in [-0.05, 0) is 19.8 Å². The first kappa shape index (κ1) is 11.3. The Morgan fingerprint density at radius 3 is 2.94 bits per heavy atom. The highest BCUT2D eigenvalue weighted by atomic mass is 16.5. The maximum absolute atomic E-state index is 12.0. The summed E-state index contributed by atoms with van der Waals surface area (Å²) in [5.41, 5.74) is 0.743. The molecule has 0 atom stereocenters. The normalized spacial score (nSPS) is 16.5. The smallest absolute Gasteiger partial charge is 0.312 e. The van der Waals surface area contributed by atoms with E-state index >= 15 is 0 Å². The van der Waals surface area contributed by atoms with Crippen LogP contribution in [0.2, 0.25) is 0 Å². The lowest BCUT2D eigenvalue weighted by atomic mass is 10.0. The third-order valence-electron chi connectivity index (χ3n) is 3.38. The molecule has 0 aromatic carbocycles. The number of hydrogen-bond acceptors (Lipinski definition) is 4. The summed E-state index contributed by atoms with van der Waals surface area (Å²) >= 11 is 0. The van der Waals surface area contributed by atoms with Crippen molar-refractivity contribution < 1.29 is 4.74 Å². The fourth-order valence-corrected chi connectivity index (χ4v) is 2.51. The standard InChI is InChI=1S/C12H16N4O2/c1-2-18-12-14-11-13-9(8-5-3-4-6-8)7-10(17)16(11)15-12/h7-8H,2-6H2,1H3,(H,13,14,15). The second kappa shape index (κ2) is 4.44. The van der Waals surface area contributed by atoms with Gasteiger partial charge in [0.15, 0.2) is 0 Å². The van der Waals surface area contributed by atoms with Gasteiger partial charge in [0, 0.05) is 12.0 Å². The first-order chi connectivity index (χ1) is 8.78. The van der Waals surface area contributed by atoms with Crippen molar-refractivity contribution in [2.45, 2.75) is 38.5 Å². The zero-order chi connectivity index (χ0) is 12.5.